The minimum atomic E-state index is -0.911. The second kappa shape index (κ2) is 3.30. The van der Waals surface area contributed by atoms with Gasteiger partial charge in [0.05, 0.1) is 11.3 Å². The van der Waals surface area contributed by atoms with Crippen LogP contribution in [-0.2, 0) is 11.2 Å². The topological polar surface area (TPSA) is 54.4 Å². The zero-order chi connectivity index (χ0) is 8.27. The lowest BCUT2D eigenvalue weighted by Gasteiger charge is -1.90. The lowest BCUT2D eigenvalue weighted by molar-refractivity contribution is -0.136. The summed E-state index contributed by atoms with van der Waals surface area (Å²) in [5, 5.41) is 10.1. The number of rotatable bonds is 3. The molecule has 0 aliphatic rings. The van der Waals surface area contributed by atoms with Crippen LogP contribution < -0.4 is 0 Å². The predicted octanol–water partition coefficient (Wildman–Crippen LogP) is 1.19. The van der Waals surface area contributed by atoms with Crippen molar-refractivity contribution in [3.05, 3.63) is 21.9 Å². The van der Waals surface area contributed by atoms with E-state index in [4.69, 9.17) is 5.11 Å². The van der Waals surface area contributed by atoms with E-state index in [0.29, 0.717) is 16.7 Å². The Hall–Kier alpha value is -1.16. The first-order valence-electron chi connectivity index (χ1n) is 2.97. The van der Waals surface area contributed by atoms with Crippen molar-refractivity contribution in [1.29, 1.82) is 0 Å². The molecule has 1 heterocycles. The minimum Gasteiger partial charge on any atom is -0.481 e. The van der Waals surface area contributed by atoms with E-state index in [1.165, 1.54) is 11.3 Å². The Morgan fingerprint density at radius 2 is 2.45 bits per heavy atom. The summed E-state index contributed by atoms with van der Waals surface area (Å²) >= 11 is 1.26. The van der Waals surface area contributed by atoms with Crippen LogP contribution in [0.1, 0.15) is 15.2 Å². The van der Waals surface area contributed by atoms with Gasteiger partial charge in [0, 0.05) is 0 Å². The van der Waals surface area contributed by atoms with Crippen LogP contribution in [0.2, 0.25) is 0 Å². The predicted molar refractivity (Wildman–Crippen MR) is 41.0 cm³/mol. The molecule has 0 saturated carbocycles. The Morgan fingerprint density at radius 3 is 3.00 bits per heavy atom. The third-order valence-electron chi connectivity index (χ3n) is 1.23. The van der Waals surface area contributed by atoms with E-state index >= 15 is 0 Å². The van der Waals surface area contributed by atoms with Gasteiger partial charge in [-0.05, 0) is 17.0 Å². The first kappa shape index (κ1) is 7.94. The number of thiophene rings is 1. The Morgan fingerprint density at radius 1 is 1.73 bits per heavy atom. The molecule has 58 valence electrons. The Kier molecular flexibility index (Phi) is 2.38. The second-order valence-electron chi connectivity index (χ2n) is 2.00. The maximum Gasteiger partial charge on any atom is 0.307 e. The summed E-state index contributed by atoms with van der Waals surface area (Å²) < 4.78 is 0. The van der Waals surface area contributed by atoms with Gasteiger partial charge in [-0.25, -0.2) is 0 Å². The number of carboxylic acid groups (broad SMARTS) is 1. The number of hydrogen-bond donors (Lipinski definition) is 1. The maximum absolute atomic E-state index is 10.3. The molecule has 0 spiro atoms. The molecule has 0 aromatic carbocycles. The van der Waals surface area contributed by atoms with Gasteiger partial charge in [-0.15, -0.1) is 11.3 Å². The van der Waals surface area contributed by atoms with Crippen LogP contribution in [0.4, 0.5) is 0 Å². The molecule has 4 heteroatoms. The van der Waals surface area contributed by atoms with Crippen molar-refractivity contribution < 1.29 is 14.7 Å². The van der Waals surface area contributed by atoms with E-state index in [1.807, 2.05) is 0 Å². The molecule has 0 bridgehead atoms. The van der Waals surface area contributed by atoms with Crippen LogP contribution in [0.25, 0.3) is 0 Å². The highest BCUT2D eigenvalue weighted by atomic mass is 32.1. The van der Waals surface area contributed by atoms with E-state index in [0.717, 1.165) is 0 Å². The van der Waals surface area contributed by atoms with Crippen LogP contribution in [0.15, 0.2) is 11.4 Å². The summed E-state index contributed by atoms with van der Waals surface area (Å²) in [5.74, 6) is -0.911. The van der Waals surface area contributed by atoms with E-state index in [1.54, 1.807) is 11.4 Å². The molecule has 0 amide bonds. The van der Waals surface area contributed by atoms with Crippen molar-refractivity contribution in [3.63, 3.8) is 0 Å². The van der Waals surface area contributed by atoms with E-state index in [9.17, 15) is 9.59 Å². The van der Waals surface area contributed by atoms with Gasteiger partial charge in [-0.3, -0.25) is 9.59 Å². The molecular weight excluding hydrogens is 164 g/mol. The Bertz CT molecular complexity index is 277. The average molecular weight is 170 g/mol. The first-order chi connectivity index (χ1) is 5.24. The number of aldehydes is 1. The Labute approximate surface area is 67.3 Å². The molecule has 0 aliphatic heterocycles. The highest BCUT2D eigenvalue weighted by molar-refractivity contribution is 7.11. The standard InChI is InChI=1S/C7H6O3S/c8-4-6-5(1-2-11-6)3-7(9)10/h1-2,4H,3H2,(H,9,10). The molecule has 0 fully saturated rings. The number of carboxylic acids is 1. The molecule has 1 aromatic heterocycles. The van der Waals surface area contributed by atoms with Crippen LogP contribution in [0.5, 0.6) is 0 Å². The van der Waals surface area contributed by atoms with Crippen molar-refractivity contribution in [2.75, 3.05) is 0 Å². The van der Waals surface area contributed by atoms with Gasteiger partial charge >= 0.3 is 5.97 Å². The summed E-state index contributed by atoms with van der Waals surface area (Å²) in [6.07, 6.45) is 0.612. The third kappa shape index (κ3) is 1.88. The molecule has 3 nitrogen and oxygen atoms in total. The van der Waals surface area contributed by atoms with Gasteiger partial charge < -0.3 is 5.11 Å². The largest absolute Gasteiger partial charge is 0.481 e. The van der Waals surface area contributed by atoms with Gasteiger partial charge in [0.1, 0.15) is 0 Å². The Balaban J connectivity index is 2.84. The zero-order valence-electron chi connectivity index (χ0n) is 5.61. The number of aliphatic carboxylic acids is 1. The fourth-order valence-electron chi connectivity index (χ4n) is 0.760. The normalized spacial score (nSPS) is 9.45. The molecule has 1 aromatic rings. The zero-order valence-corrected chi connectivity index (χ0v) is 6.43. The summed E-state index contributed by atoms with van der Waals surface area (Å²) in [4.78, 5) is 21.0. The van der Waals surface area contributed by atoms with Gasteiger partial charge in [-0.2, -0.15) is 0 Å². The van der Waals surface area contributed by atoms with E-state index in [2.05, 4.69) is 0 Å². The number of carbonyl (C=O) groups is 2. The smallest absolute Gasteiger partial charge is 0.307 e. The van der Waals surface area contributed by atoms with E-state index in [-0.39, 0.29) is 6.42 Å². The summed E-state index contributed by atoms with van der Waals surface area (Å²) in [6.45, 7) is 0. The van der Waals surface area contributed by atoms with Crippen molar-refractivity contribution in [2.24, 2.45) is 0 Å². The highest BCUT2D eigenvalue weighted by Crippen LogP contribution is 2.14. The van der Waals surface area contributed by atoms with Gasteiger partial charge in [0.15, 0.2) is 6.29 Å². The highest BCUT2D eigenvalue weighted by Gasteiger charge is 2.06. The monoisotopic (exact) mass is 170 g/mol. The van der Waals surface area contributed by atoms with Crippen LogP contribution in [0.3, 0.4) is 0 Å². The van der Waals surface area contributed by atoms with Crippen molar-refractivity contribution in [3.8, 4) is 0 Å². The average Bonchev–Trinajstić information content (AvgIpc) is 2.34. The molecule has 11 heavy (non-hydrogen) atoms. The summed E-state index contributed by atoms with van der Waals surface area (Å²) in [7, 11) is 0. The van der Waals surface area contributed by atoms with Crippen LogP contribution >= 0.6 is 11.3 Å². The van der Waals surface area contributed by atoms with Crippen molar-refractivity contribution >= 4 is 23.6 Å². The molecule has 1 rings (SSSR count). The van der Waals surface area contributed by atoms with Crippen molar-refractivity contribution in [1.82, 2.24) is 0 Å². The quantitative estimate of drug-likeness (QED) is 0.693. The molecule has 0 saturated heterocycles. The SMILES string of the molecule is O=Cc1sccc1CC(=O)O. The molecule has 0 aliphatic carbocycles. The first-order valence-corrected chi connectivity index (χ1v) is 3.85. The lowest BCUT2D eigenvalue weighted by atomic mass is 10.2. The van der Waals surface area contributed by atoms with E-state index < -0.39 is 5.97 Å². The van der Waals surface area contributed by atoms with Gasteiger partial charge in [0.2, 0.25) is 0 Å². The van der Waals surface area contributed by atoms with Gasteiger partial charge in [0.25, 0.3) is 0 Å². The molecule has 0 radical (unpaired) electrons. The maximum atomic E-state index is 10.3. The summed E-state index contributed by atoms with van der Waals surface area (Å²) in [5.41, 5.74) is 0.595. The number of hydrogen-bond acceptors (Lipinski definition) is 3. The fourth-order valence-corrected chi connectivity index (χ4v) is 1.49. The molecule has 0 atom stereocenters. The molecule has 0 unspecified atom stereocenters. The molecular formula is C7H6O3S. The summed E-state index contributed by atoms with van der Waals surface area (Å²) in [6, 6.07) is 1.66. The molecule has 1 N–H and O–H groups in total. The lowest BCUT2D eigenvalue weighted by Crippen LogP contribution is -2.00. The number of carbonyl (C=O) groups excluding carboxylic acids is 1. The third-order valence-corrected chi connectivity index (χ3v) is 2.11. The van der Waals surface area contributed by atoms with Crippen LogP contribution in [0, 0.1) is 0 Å². The minimum absolute atomic E-state index is 0.0719. The van der Waals surface area contributed by atoms with Crippen molar-refractivity contribution in [2.45, 2.75) is 6.42 Å². The van der Waals surface area contributed by atoms with Crippen LogP contribution in [-0.4, -0.2) is 17.4 Å². The van der Waals surface area contributed by atoms with Gasteiger partial charge in [-0.1, -0.05) is 0 Å². The fraction of sp³-hybridized carbons (Fsp3) is 0.143. The second-order valence-corrected chi connectivity index (χ2v) is 2.95.